The lowest BCUT2D eigenvalue weighted by atomic mass is 9.96. The normalized spacial score (nSPS) is 22.6. The van der Waals surface area contributed by atoms with Gasteiger partial charge in [0.25, 0.3) is 0 Å². The van der Waals surface area contributed by atoms with Crippen molar-refractivity contribution >= 4 is 0 Å². The molecule has 0 spiro atoms. The molecule has 3 rings (SSSR count). The molecular formula is C17H26N2O2. The monoisotopic (exact) mass is 290 g/mol. The number of rotatable bonds is 5. The third-order valence-corrected chi connectivity index (χ3v) is 4.46. The third kappa shape index (κ3) is 3.57. The summed E-state index contributed by atoms with van der Waals surface area (Å²) in [7, 11) is 0. The number of morpholine rings is 1. The van der Waals surface area contributed by atoms with Gasteiger partial charge in [-0.05, 0) is 12.0 Å². The van der Waals surface area contributed by atoms with Crippen molar-refractivity contribution in [2.24, 2.45) is 0 Å². The Bertz CT molecular complexity index is 458. The Balaban J connectivity index is 1.57. The summed E-state index contributed by atoms with van der Waals surface area (Å²) in [6.07, 6.45) is 2.09. The number of benzene rings is 1. The maximum atomic E-state index is 5.91. The maximum Gasteiger partial charge on any atom is 0.127 e. The van der Waals surface area contributed by atoms with E-state index in [9.17, 15) is 0 Å². The van der Waals surface area contributed by atoms with Crippen LogP contribution in [0.2, 0.25) is 0 Å². The van der Waals surface area contributed by atoms with E-state index in [0.717, 1.165) is 64.6 Å². The first-order chi connectivity index (χ1) is 10.4. The van der Waals surface area contributed by atoms with Gasteiger partial charge in [0.15, 0.2) is 0 Å². The van der Waals surface area contributed by atoms with Crippen molar-refractivity contribution in [3.63, 3.8) is 0 Å². The Kier molecular flexibility index (Phi) is 5.12. The van der Waals surface area contributed by atoms with Crippen LogP contribution in [-0.2, 0) is 11.2 Å². The molecule has 1 unspecified atom stereocenters. The summed E-state index contributed by atoms with van der Waals surface area (Å²) in [5.74, 6) is 1.12. The lowest BCUT2D eigenvalue weighted by Gasteiger charge is -2.30. The lowest BCUT2D eigenvalue weighted by molar-refractivity contribution is 0.0379. The number of hydrogen-bond donors (Lipinski definition) is 1. The average Bonchev–Trinajstić information content (AvgIpc) is 2.55. The zero-order valence-corrected chi connectivity index (χ0v) is 12.9. The number of aryl methyl sites for hydroxylation is 1. The molecule has 1 N–H and O–H groups in total. The van der Waals surface area contributed by atoms with Crippen molar-refractivity contribution in [3.05, 3.63) is 29.3 Å². The molecule has 1 saturated heterocycles. The second kappa shape index (κ2) is 7.25. The van der Waals surface area contributed by atoms with E-state index in [0.29, 0.717) is 6.04 Å². The van der Waals surface area contributed by atoms with Gasteiger partial charge in [0.1, 0.15) is 5.75 Å². The largest absolute Gasteiger partial charge is 0.493 e. The standard InChI is InChI=1S/C17H26N2O2/c1-2-14-4-3-5-15-16(6-11-21-17(14)15)18-7-8-19-9-12-20-13-10-19/h3-5,16,18H,2,6-13H2,1H3. The quantitative estimate of drug-likeness (QED) is 0.899. The molecule has 4 heteroatoms. The SMILES string of the molecule is CCc1cccc2c1OCCC2NCCN1CCOCC1. The highest BCUT2D eigenvalue weighted by atomic mass is 16.5. The number of para-hydroxylation sites is 1. The van der Waals surface area contributed by atoms with E-state index in [4.69, 9.17) is 9.47 Å². The van der Waals surface area contributed by atoms with Gasteiger partial charge in [0, 0.05) is 44.2 Å². The first kappa shape index (κ1) is 14.8. The summed E-state index contributed by atoms with van der Waals surface area (Å²) >= 11 is 0. The lowest BCUT2D eigenvalue weighted by Crippen LogP contribution is -2.41. The van der Waals surface area contributed by atoms with Crippen LogP contribution in [0.3, 0.4) is 0 Å². The highest BCUT2D eigenvalue weighted by Gasteiger charge is 2.22. The van der Waals surface area contributed by atoms with Crippen LogP contribution in [0.4, 0.5) is 0 Å². The van der Waals surface area contributed by atoms with Gasteiger partial charge in [-0.2, -0.15) is 0 Å². The fraction of sp³-hybridized carbons (Fsp3) is 0.647. The molecule has 1 aromatic carbocycles. The molecule has 21 heavy (non-hydrogen) atoms. The average molecular weight is 290 g/mol. The van der Waals surface area contributed by atoms with Crippen molar-refractivity contribution < 1.29 is 9.47 Å². The minimum Gasteiger partial charge on any atom is -0.493 e. The van der Waals surface area contributed by atoms with Crippen molar-refractivity contribution in [2.45, 2.75) is 25.8 Å². The molecule has 2 aliphatic heterocycles. The second-order valence-electron chi connectivity index (χ2n) is 5.79. The molecule has 0 aliphatic carbocycles. The van der Waals surface area contributed by atoms with Crippen LogP contribution in [0.5, 0.6) is 5.75 Å². The molecule has 1 fully saturated rings. The van der Waals surface area contributed by atoms with Crippen LogP contribution in [0.25, 0.3) is 0 Å². The predicted octanol–water partition coefficient (Wildman–Crippen LogP) is 1.99. The number of nitrogens with zero attached hydrogens (tertiary/aromatic N) is 1. The van der Waals surface area contributed by atoms with Crippen LogP contribution in [0, 0.1) is 0 Å². The van der Waals surface area contributed by atoms with Crippen LogP contribution in [0.1, 0.15) is 30.5 Å². The van der Waals surface area contributed by atoms with Gasteiger partial charge in [-0.1, -0.05) is 25.1 Å². The van der Waals surface area contributed by atoms with E-state index in [-0.39, 0.29) is 0 Å². The molecule has 4 nitrogen and oxygen atoms in total. The summed E-state index contributed by atoms with van der Waals surface area (Å²) < 4.78 is 11.3. The summed E-state index contributed by atoms with van der Waals surface area (Å²) in [4.78, 5) is 2.47. The fourth-order valence-corrected chi connectivity index (χ4v) is 3.20. The van der Waals surface area contributed by atoms with E-state index >= 15 is 0 Å². The Labute approximate surface area is 127 Å². The zero-order chi connectivity index (χ0) is 14.5. The van der Waals surface area contributed by atoms with Crippen molar-refractivity contribution in [1.82, 2.24) is 10.2 Å². The fourth-order valence-electron chi connectivity index (χ4n) is 3.20. The number of nitrogens with one attached hydrogen (secondary N) is 1. The highest BCUT2D eigenvalue weighted by Crippen LogP contribution is 2.35. The molecule has 1 atom stereocenters. The van der Waals surface area contributed by atoms with Gasteiger partial charge in [0.05, 0.1) is 19.8 Å². The smallest absolute Gasteiger partial charge is 0.127 e. The van der Waals surface area contributed by atoms with Gasteiger partial charge in [0.2, 0.25) is 0 Å². The summed E-state index contributed by atoms with van der Waals surface area (Å²) in [5.41, 5.74) is 2.66. The Morgan fingerprint density at radius 1 is 1.24 bits per heavy atom. The van der Waals surface area contributed by atoms with E-state index < -0.39 is 0 Å². The summed E-state index contributed by atoms with van der Waals surface area (Å²) in [5, 5.41) is 3.71. The van der Waals surface area contributed by atoms with Crippen LogP contribution < -0.4 is 10.1 Å². The topological polar surface area (TPSA) is 33.7 Å². The molecular weight excluding hydrogens is 264 g/mol. The van der Waals surface area contributed by atoms with Gasteiger partial charge >= 0.3 is 0 Å². The van der Waals surface area contributed by atoms with E-state index in [1.807, 2.05) is 0 Å². The molecule has 0 amide bonds. The molecule has 2 aliphatic rings. The van der Waals surface area contributed by atoms with Crippen LogP contribution in [-0.4, -0.2) is 50.9 Å². The van der Waals surface area contributed by atoms with Gasteiger partial charge in [-0.15, -0.1) is 0 Å². The number of ether oxygens (including phenoxy) is 2. The second-order valence-corrected chi connectivity index (χ2v) is 5.79. The van der Waals surface area contributed by atoms with Crippen molar-refractivity contribution in [3.8, 4) is 5.75 Å². The number of fused-ring (bicyclic) bond motifs is 1. The molecule has 0 bridgehead atoms. The molecule has 2 heterocycles. The third-order valence-electron chi connectivity index (χ3n) is 4.46. The Morgan fingerprint density at radius 3 is 2.90 bits per heavy atom. The van der Waals surface area contributed by atoms with E-state index in [2.05, 4.69) is 35.3 Å². The van der Waals surface area contributed by atoms with Crippen LogP contribution in [0.15, 0.2) is 18.2 Å². The molecule has 0 saturated carbocycles. The minimum absolute atomic E-state index is 0.432. The first-order valence-electron chi connectivity index (χ1n) is 8.16. The maximum absolute atomic E-state index is 5.91. The van der Waals surface area contributed by atoms with Crippen molar-refractivity contribution in [2.75, 3.05) is 46.0 Å². The molecule has 0 aromatic heterocycles. The summed E-state index contributed by atoms with van der Waals surface area (Å²) in [6, 6.07) is 6.97. The Morgan fingerprint density at radius 2 is 2.10 bits per heavy atom. The predicted molar refractivity (Wildman–Crippen MR) is 83.9 cm³/mol. The van der Waals surface area contributed by atoms with Gasteiger partial charge in [-0.25, -0.2) is 0 Å². The summed E-state index contributed by atoms with van der Waals surface area (Å²) in [6.45, 7) is 9.01. The minimum atomic E-state index is 0.432. The molecule has 1 aromatic rings. The van der Waals surface area contributed by atoms with E-state index in [1.54, 1.807) is 0 Å². The van der Waals surface area contributed by atoms with E-state index in [1.165, 1.54) is 11.1 Å². The van der Waals surface area contributed by atoms with Gasteiger partial charge in [-0.3, -0.25) is 4.90 Å². The number of hydrogen-bond acceptors (Lipinski definition) is 4. The highest BCUT2D eigenvalue weighted by molar-refractivity contribution is 5.44. The first-order valence-corrected chi connectivity index (χ1v) is 8.16. The zero-order valence-electron chi connectivity index (χ0n) is 12.9. The molecule has 0 radical (unpaired) electrons. The Hall–Kier alpha value is -1.10. The molecule has 116 valence electrons. The van der Waals surface area contributed by atoms with Crippen molar-refractivity contribution in [1.29, 1.82) is 0 Å². The van der Waals surface area contributed by atoms with Crippen LogP contribution >= 0.6 is 0 Å². The van der Waals surface area contributed by atoms with Gasteiger partial charge < -0.3 is 14.8 Å².